The number of nitrogens with zero attached hydrogens (tertiary/aromatic N) is 1. The molecule has 0 fully saturated rings. The lowest BCUT2D eigenvalue weighted by Crippen LogP contribution is -2.10. The molecule has 1 aliphatic carbocycles. The normalized spacial score (nSPS) is 14.7. The van der Waals surface area contributed by atoms with Crippen molar-refractivity contribution in [2.45, 2.75) is 25.2 Å². The fraction of sp³-hybridized carbons (Fsp3) is 0.250. The number of rotatable bonds is 3. The smallest absolute Gasteiger partial charge is 0.185 e. The summed E-state index contributed by atoms with van der Waals surface area (Å²) in [6.45, 7) is 0. The summed E-state index contributed by atoms with van der Waals surface area (Å²) in [5.41, 5.74) is 3.29. The Hall–Kier alpha value is -1.92. The van der Waals surface area contributed by atoms with E-state index >= 15 is 0 Å². The number of aryl methyl sites for hydroxylation is 2. The molecule has 0 amide bonds. The van der Waals surface area contributed by atoms with Crippen molar-refractivity contribution in [2.24, 2.45) is 0 Å². The van der Waals surface area contributed by atoms with Crippen molar-refractivity contribution in [1.82, 2.24) is 0 Å². The van der Waals surface area contributed by atoms with Gasteiger partial charge in [0.2, 0.25) is 0 Å². The Balaban J connectivity index is 1.93. The molecule has 1 aliphatic rings. The third kappa shape index (κ3) is 2.20. The van der Waals surface area contributed by atoms with Crippen molar-refractivity contribution >= 4 is 17.1 Å². The average Bonchev–Trinajstić information content (AvgIpc) is 3.09. The maximum Gasteiger partial charge on any atom is 0.185 e. The average molecular weight is 267 g/mol. The molecule has 1 unspecified atom stereocenters. The minimum Gasteiger partial charge on any atom is -0.292 e. The van der Waals surface area contributed by atoms with E-state index in [1.165, 1.54) is 28.9 Å². The third-order valence-electron chi connectivity index (χ3n) is 3.60. The van der Waals surface area contributed by atoms with Crippen LogP contribution in [0.4, 0.5) is 0 Å². The van der Waals surface area contributed by atoms with Gasteiger partial charge in [-0.05, 0) is 47.9 Å². The number of carbonyl (C=O) groups is 1. The van der Waals surface area contributed by atoms with Crippen LogP contribution in [-0.4, -0.2) is 5.78 Å². The number of hydrogen-bond acceptors (Lipinski definition) is 3. The van der Waals surface area contributed by atoms with Gasteiger partial charge in [-0.1, -0.05) is 18.2 Å². The molecular weight excluding hydrogens is 254 g/mol. The number of hydrogen-bond donors (Lipinski definition) is 0. The summed E-state index contributed by atoms with van der Waals surface area (Å²) in [6, 6.07) is 11.7. The van der Waals surface area contributed by atoms with Crippen molar-refractivity contribution in [3.05, 3.63) is 57.3 Å². The number of fused-ring (bicyclic) bond motifs is 1. The molecule has 1 aromatic carbocycles. The quantitative estimate of drug-likeness (QED) is 0.795. The first-order valence-electron chi connectivity index (χ1n) is 6.38. The summed E-state index contributed by atoms with van der Waals surface area (Å²) in [4.78, 5) is 13.3. The summed E-state index contributed by atoms with van der Waals surface area (Å²) in [5.74, 6) is -0.751. The molecule has 1 heterocycles. The lowest BCUT2D eigenvalue weighted by Gasteiger charge is -2.08. The molecule has 0 saturated carbocycles. The third-order valence-corrected chi connectivity index (χ3v) is 4.54. The Morgan fingerprint density at radius 3 is 2.84 bits per heavy atom. The molecule has 0 bridgehead atoms. The number of Topliss-reactive ketones (excluding diaryl/α,β-unsaturated/α-hetero) is 1. The molecule has 0 radical (unpaired) electrons. The van der Waals surface area contributed by atoms with E-state index in [0.29, 0.717) is 5.56 Å². The van der Waals surface area contributed by atoms with E-state index in [2.05, 4.69) is 6.07 Å². The molecular formula is C16H13NOS. The Kier molecular flexibility index (Phi) is 3.18. The largest absolute Gasteiger partial charge is 0.292 e. The predicted octanol–water partition coefficient (Wildman–Crippen LogP) is 3.73. The monoisotopic (exact) mass is 267 g/mol. The zero-order chi connectivity index (χ0) is 13.2. The minimum absolute atomic E-state index is 0.0837. The van der Waals surface area contributed by atoms with Crippen LogP contribution in [0.3, 0.4) is 0 Å². The summed E-state index contributed by atoms with van der Waals surface area (Å²) in [7, 11) is 0. The minimum atomic E-state index is -0.667. The van der Waals surface area contributed by atoms with Crippen molar-refractivity contribution in [1.29, 1.82) is 5.26 Å². The first-order chi connectivity index (χ1) is 9.29. The summed E-state index contributed by atoms with van der Waals surface area (Å²) in [5, 5.41) is 11.2. The SMILES string of the molecule is N#CC(C(=O)c1ccc2c(c1)CCC2)c1cccs1. The highest BCUT2D eigenvalue weighted by Gasteiger charge is 2.23. The summed E-state index contributed by atoms with van der Waals surface area (Å²) >= 11 is 1.46. The second kappa shape index (κ2) is 4.99. The topological polar surface area (TPSA) is 40.9 Å². The zero-order valence-electron chi connectivity index (χ0n) is 10.4. The van der Waals surface area contributed by atoms with E-state index in [0.717, 1.165) is 17.7 Å². The molecule has 0 N–H and O–H groups in total. The van der Waals surface area contributed by atoms with Crippen LogP contribution in [0.15, 0.2) is 35.7 Å². The number of benzene rings is 1. The van der Waals surface area contributed by atoms with Gasteiger partial charge in [0.25, 0.3) is 0 Å². The molecule has 94 valence electrons. The van der Waals surface area contributed by atoms with Gasteiger partial charge < -0.3 is 0 Å². The van der Waals surface area contributed by atoms with Gasteiger partial charge in [-0.15, -0.1) is 11.3 Å². The van der Waals surface area contributed by atoms with Gasteiger partial charge in [-0.2, -0.15) is 5.26 Å². The summed E-state index contributed by atoms with van der Waals surface area (Å²) in [6.07, 6.45) is 3.32. The van der Waals surface area contributed by atoms with Crippen LogP contribution in [0, 0.1) is 11.3 Å². The maximum absolute atomic E-state index is 12.5. The number of nitriles is 1. The number of carbonyl (C=O) groups excluding carboxylic acids is 1. The van der Waals surface area contributed by atoms with Crippen LogP contribution < -0.4 is 0 Å². The Labute approximate surface area is 116 Å². The van der Waals surface area contributed by atoms with E-state index in [4.69, 9.17) is 0 Å². The van der Waals surface area contributed by atoms with Gasteiger partial charge in [0.1, 0.15) is 5.92 Å². The summed E-state index contributed by atoms with van der Waals surface area (Å²) < 4.78 is 0. The van der Waals surface area contributed by atoms with Crippen molar-refractivity contribution in [2.75, 3.05) is 0 Å². The highest BCUT2D eigenvalue weighted by molar-refractivity contribution is 7.10. The molecule has 0 saturated heterocycles. The van der Waals surface area contributed by atoms with E-state index in [-0.39, 0.29) is 5.78 Å². The Bertz CT molecular complexity index is 652. The molecule has 2 nitrogen and oxygen atoms in total. The standard InChI is InChI=1S/C16H13NOS/c17-10-14(15-5-2-8-19-15)16(18)13-7-6-11-3-1-4-12(11)9-13/h2,5-9,14H,1,3-4H2. The Morgan fingerprint density at radius 1 is 1.26 bits per heavy atom. The van der Waals surface area contributed by atoms with Crippen LogP contribution in [0.25, 0.3) is 0 Å². The maximum atomic E-state index is 12.5. The van der Waals surface area contributed by atoms with E-state index < -0.39 is 5.92 Å². The highest BCUT2D eigenvalue weighted by Crippen LogP contribution is 2.28. The fourth-order valence-electron chi connectivity index (χ4n) is 2.60. The predicted molar refractivity (Wildman–Crippen MR) is 75.5 cm³/mol. The first kappa shape index (κ1) is 12.1. The lowest BCUT2D eigenvalue weighted by atomic mass is 9.95. The highest BCUT2D eigenvalue weighted by atomic mass is 32.1. The van der Waals surface area contributed by atoms with E-state index in [9.17, 15) is 10.1 Å². The van der Waals surface area contributed by atoms with Crippen LogP contribution in [0.5, 0.6) is 0 Å². The zero-order valence-corrected chi connectivity index (χ0v) is 11.2. The molecule has 0 aliphatic heterocycles. The lowest BCUT2D eigenvalue weighted by molar-refractivity contribution is 0.0980. The fourth-order valence-corrected chi connectivity index (χ4v) is 3.37. The molecule has 2 aromatic rings. The molecule has 1 atom stereocenters. The number of thiophene rings is 1. The van der Waals surface area contributed by atoms with Gasteiger partial charge in [0.05, 0.1) is 6.07 Å². The molecule has 3 heteroatoms. The molecule has 3 rings (SSSR count). The van der Waals surface area contributed by atoms with Gasteiger partial charge in [0.15, 0.2) is 5.78 Å². The Morgan fingerprint density at radius 2 is 2.11 bits per heavy atom. The van der Waals surface area contributed by atoms with Crippen LogP contribution in [0.1, 0.15) is 38.7 Å². The van der Waals surface area contributed by atoms with Gasteiger partial charge >= 0.3 is 0 Å². The van der Waals surface area contributed by atoms with Crippen LogP contribution in [0.2, 0.25) is 0 Å². The van der Waals surface area contributed by atoms with Crippen molar-refractivity contribution in [3.63, 3.8) is 0 Å². The second-order valence-electron chi connectivity index (χ2n) is 4.78. The van der Waals surface area contributed by atoms with Crippen LogP contribution >= 0.6 is 11.3 Å². The van der Waals surface area contributed by atoms with Gasteiger partial charge in [0, 0.05) is 10.4 Å². The van der Waals surface area contributed by atoms with Gasteiger partial charge in [-0.25, -0.2) is 0 Å². The van der Waals surface area contributed by atoms with E-state index in [1.807, 2.05) is 35.7 Å². The molecule has 1 aromatic heterocycles. The number of ketones is 1. The van der Waals surface area contributed by atoms with Crippen molar-refractivity contribution in [3.8, 4) is 6.07 Å². The molecule has 0 spiro atoms. The molecule has 19 heavy (non-hydrogen) atoms. The van der Waals surface area contributed by atoms with Gasteiger partial charge in [-0.3, -0.25) is 4.79 Å². The first-order valence-corrected chi connectivity index (χ1v) is 7.26. The van der Waals surface area contributed by atoms with Crippen LogP contribution in [-0.2, 0) is 12.8 Å². The van der Waals surface area contributed by atoms with E-state index in [1.54, 1.807) is 0 Å². The van der Waals surface area contributed by atoms with Crippen molar-refractivity contribution < 1.29 is 4.79 Å². The second-order valence-corrected chi connectivity index (χ2v) is 5.76.